The van der Waals surface area contributed by atoms with E-state index in [1.807, 2.05) is 59.5 Å². The average Bonchev–Trinajstić information content (AvgIpc) is 2.80. The Morgan fingerprint density at radius 2 is 1.42 bits per heavy atom. The molecular weight excluding hydrogens is 386 g/mol. The third-order valence-corrected chi connectivity index (χ3v) is 5.55. The Morgan fingerprint density at radius 1 is 0.774 bits per heavy atom. The van der Waals surface area contributed by atoms with Gasteiger partial charge in [0, 0.05) is 30.9 Å². The minimum absolute atomic E-state index is 0.000279. The van der Waals surface area contributed by atoms with Crippen LogP contribution in [0.25, 0.3) is 0 Å². The summed E-state index contributed by atoms with van der Waals surface area (Å²) in [6.07, 6.45) is 3.05. The second kappa shape index (κ2) is 9.94. The van der Waals surface area contributed by atoms with E-state index in [-0.39, 0.29) is 11.9 Å². The molecule has 3 aromatic carbocycles. The van der Waals surface area contributed by atoms with Crippen molar-refractivity contribution in [3.05, 3.63) is 95.6 Å². The van der Waals surface area contributed by atoms with E-state index in [2.05, 4.69) is 34.9 Å². The third kappa shape index (κ3) is 5.72. The fourth-order valence-corrected chi connectivity index (χ4v) is 3.83. The van der Waals surface area contributed by atoms with E-state index in [1.54, 1.807) is 0 Å². The van der Waals surface area contributed by atoms with E-state index >= 15 is 0 Å². The number of carbonyl (C=O) groups excluding carboxylic acids is 2. The van der Waals surface area contributed by atoms with Gasteiger partial charge in [-0.15, -0.1) is 0 Å². The van der Waals surface area contributed by atoms with E-state index in [9.17, 15) is 9.59 Å². The molecule has 0 aliphatic carbocycles. The summed E-state index contributed by atoms with van der Waals surface area (Å²) in [5.41, 5.74) is 5.21. The van der Waals surface area contributed by atoms with Gasteiger partial charge in [-0.25, -0.2) is 4.79 Å². The standard InChI is InChI=1S/C26H27N3O2/c30-25(12-6-9-20-7-2-1-3-8-20)27-23-13-15-24(16-14-23)28-26(31)29-18-17-21-10-4-5-11-22(21)19-29/h1-5,7-8,10-11,13-16H,6,9,12,17-19H2,(H,27,30)(H,28,31). The molecule has 3 amide bonds. The van der Waals surface area contributed by atoms with Crippen molar-refractivity contribution in [2.24, 2.45) is 0 Å². The van der Waals surface area contributed by atoms with Crippen LogP contribution in [-0.4, -0.2) is 23.4 Å². The van der Waals surface area contributed by atoms with Crippen LogP contribution in [-0.2, 0) is 24.2 Å². The lowest BCUT2D eigenvalue weighted by Crippen LogP contribution is -2.38. The molecule has 0 spiro atoms. The predicted molar refractivity (Wildman–Crippen MR) is 124 cm³/mol. The summed E-state index contributed by atoms with van der Waals surface area (Å²) in [4.78, 5) is 26.6. The van der Waals surface area contributed by atoms with Gasteiger partial charge >= 0.3 is 6.03 Å². The first kappa shape index (κ1) is 20.7. The van der Waals surface area contributed by atoms with Crippen molar-refractivity contribution in [2.75, 3.05) is 17.2 Å². The molecule has 0 atom stereocenters. The molecule has 1 aliphatic rings. The van der Waals surface area contributed by atoms with Crippen molar-refractivity contribution in [3.63, 3.8) is 0 Å². The zero-order valence-corrected chi connectivity index (χ0v) is 17.5. The Balaban J connectivity index is 1.23. The summed E-state index contributed by atoms with van der Waals surface area (Å²) in [6.45, 7) is 1.33. The largest absolute Gasteiger partial charge is 0.326 e. The average molecular weight is 414 g/mol. The van der Waals surface area contributed by atoms with Crippen LogP contribution in [0.4, 0.5) is 16.2 Å². The maximum atomic E-state index is 12.6. The van der Waals surface area contributed by atoms with E-state index in [0.29, 0.717) is 25.2 Å². The van der Waals surface area contributed by atoms with Crippen LogP contribution in [0.1, 0.15) is 29.5 Å². The first-order valence-electron chi connectivity index (χ1n) is 10.7. The molecule has 0 radical (unpaired) electrons. The number of benzene rings is 3. The first-order chi connectivity index (χ1) is 15.2. The molecule has 1 aliphatic heterocycles. The van der Waals surface area contributed by atoms with Crippen molar-refractivity contribution < 1.29 is 9.59 Å². The summed E-state index contributed by atoms with van der Waals surface area (Å²) in [5.74, 6) is -0.000279. The van der Waals surface area contributed by atoms with Crippen molar-refractivity contribution in [1.82, 2.24) is 4.90 Å². The van der Waals surface area contributed by atoms with Crippen LogP contribution in [0, 0.1) is 0 Å². The van der Waals surface area contributed by atoms with Crippen molar-refractivity contribution in [2.45, 2.75) is 32.2 Å². The normalized spacial score (nSPS) is 12.7. The van der Waals surface area contributed by atoms with Crippen LogP contribution in [0.3, 0.4) is 0 Å². The number of nitrogens with zero attached hydrogens (tertiary/aromatic N) is 1. The van der Waals surface area contributed by atoms with Gasteiger partial charge in [0.15, 0.2) is 0 Å². The highest BCUT2D eigenvalue weighted by atomic mass is 16.2. The van der Waals surface area contributed by atoms with Gasteiger partial charge in [-0.1, -0.05) is 54.6 Å². The van der Waals surface area contributed by atoms with Crippen LogP contribution < -0.4 is 10.6 Å². The molecule has 4 rings (SSSR count). The van der Waals surface area contributed by atoms with Crippen LogP contribution in [0.5, 0.6) is 0 Å². The SMILES string of the molecule is O=C(CCCc1ccccc1)Nc1ccc(NC(=O)N2CCc3ccccc3C2)cc1. The van der Waals surface area contributed by atoms with Gasteiger partial charge in [0.25, 0.3) is 0 Å². The number of hydrogen-bond acceptors (Lipinski definition) is 2. The molecule has 0 bridgehead atoms. The minimum Gasteiger partial charge on any atom is -0.326 e. The maximum absolute atomic E-state index is 12.6. The quantitative estimate of drug-likeness (QED) is 0.581. The topological polar surface area (TPSA) is 61.4 Å². The lowest BCUT2D eigenvalue weighted by atomic mass is 10.0. The zero-order chi connectivity index (χ0) is 21.5. The number of urea groups is 1. The summed E-state index contributed by atoms with van der Waals surface area (Å²) in [5, 5.41) is 5.87. The molecule has 0 saturated carbocycles. The summed E-state index contributed by atoms with van der Waals surface area (Å²) < 4.78 is 0. The van der Waals surface area contributed by atoms with Gasteiger partial charge in [0.05, 0.1) is 0 Å². The monoisotopic (exact) mass is 413 g/mol. The highest BCUT2D eigenvalue weighted by Crippen LogP contribution is 2.20. The van der Waals surface area contributed by atoms with E-state index in [0.717, 1.165) is 24.9 Å². The fraction of sp³-hybridized carbons (Fsp3) is 0.231. The Morgan fingerprint density at radius 3 is 2.16 bits per heavy atom. The smallest absolute Gasteiger partial charge is 0.322 e. The molecule has 0 fully saturated rings. The Labute approximate surface area is 183 Å². The van der Waals surface area contributed by atoms with Gasteiger partial charge in [-0.05, 0) is 60.2 Å². The number of anilines is 2. The molecule has 0 aromatic heterocycles. The van der Waals surface area contributed by atoms with Crippen molar-refractivity contribution >= 4 is 23.3 Å². The number of nitrogens with one attached hydrogen (secondary N) is 2. The summed E-state index contributed by atoms with van der Waals surface area (Å²) in [6, 6.07) is 25.6. The van der Waals surface area contributed by atoms with Gasteiger partial charge in [0.1, 0.15) is 0 Å². The molecule has 5 heteroatoms. The van der Waals surface area contributed by atoms with Crippen molar-refractivity contribution in [1.29, 1.82) is 0 Å². The number of aryl methyl sites for hydroxylation is 1. The number of hydrogen-bond donors (Lipinski definition) is 2. The van der Waals surface area contributed by atoms with Crippen molar-refractivity contribution in [3.8, 4) is 0 Å². The summed E-state index contributed by atoms with van der Waals surface area (Å²) in [7, 11) is 0. The second-order valence-electron chi connectivity index (χ2n) is 7.84. The fourth-order valence-electron chi connectivity index (χ4n) is 3.83. The van der Waals surface area contributed by atoms with Gasteiger partial charge in [0.2, 0.25) is 5.91 Å². The van der Waals surface area contributed by atoms with E-state index in [1.165, 1.54) is 16.7 Å². The third-order valence-electron chi connectivity index (χ3n) is 5.55. The molecule has 2 N–H and O–H groups in total. The minimum atomic E-state index is -0.104. The Bertz CT molecular complexity index is 1030. The zero-order valence-electron chi connectivity index (χ0n) is 17.5. The molecule has 3 aromatic rings. The van der Waals surface area contributed by atoms with Crippen LogP contribution >= 0.6 is 0 Å². The second-order valence-corrected chi connectivity index (χ2v) is 7.84. The van der Waals surface area contributed by atoms with E-state index < -0.39 is 0 Å². The highest BCUT2D eigenvalue weighted by molar-refractivity contribution is 5.92. The lowest BCUT2D eigenvalue weighted by molar-refractivity contribution is -0.116. The molecule has 158 valence electrons. The number of rotatable bonds is 6. The highest BCUT2D eigenvalue weighted by Gasteiger charge is 2.20. The molecule has 1 heterocycles. The Hall–Kier alpha value is -3.60. The lowest BCUT2D eigenvalue weighted by Gasteiger charge is -2.29. The molecule has 0 unspecified atom stereocenters. The molecule has 0 saturated heterocycles. The number of fused-ring (bicyclic) bond motifs is 1. The Kier molecular flexibility index (Phi) is 6.62. The molecule has 31 heavy (non-hydrogen) atoms. The molecule has 5 nitrogen and oxygen atoms in total. The first-order valence-corrected chi connectivity index (χ1v) is 10.7. The van der Waals surface area contributed by atoms with Crippen LogP contribution in [0.2, 0.25) is 0 Å². The van der Waals surface area contributed by atoms with Gasteiger partial charge in [-0.2, -0.15) is 0 Å². The van der Waals surface area contributed by atoms with E-state index in [4.69, 9.17) is 0 Å². The van der Waals surface area contributed by atoms with Gasteiger partial charge < -0.3 is 15.5 Å². The van der Waals surface area contributed by atoms with Crippen LogP contribution in [0.15, 0.2) is 78.9 Å². The van der Waals surface area contributed by atoms with Gasteiger partial charge in [-0.3, -0.25) is 4.79 Å². The number of amides is 3. The molecular formula is C26H27N3O2. The predicted octanol–water partition coefficient (Wildman–Crippen LogP) is 5.24. The maximum Gasteiger partial charge on any atom is 0.322 e. The summed E-state index contributed by atoms with van der Waals surface area (Å²) >= 11 is 0. The number of carbonyl (C=O) groups is 2.